The lowest BCUT2D eigenvalue weighted by molar-refractivity contribution is -0.117. The zero-order chi connectivity index (χ0) is 13.8. The average molecular weight is 263 g/mol. The minimum Gasteiger partial charge on any atom is -0.383 e. The fourth-order valence-corrected chi connectivity index (χ4v) is 2.25. The van der Waals surface area contributed by atoms with Crippen LogP contribution in [0.3, 0.4) is 0 Å². The van der Waals surface area contributed by atoms with Crippen LogP contribution in [0, 0.1) is 0 Å². The van der Waals surface area contributed by atoms with Gasteiger partial charge in [0.2, 0.25) is 5.91 Å². The summed E-state index contributed by atoms with van der Waals surface area (Å²) in [4.78, 5) is 14.0. The predicted octanol–water partition coefficient (Wildman–Crippen LogP) is 1.37. The summed E-state index contributed by atoms with van der Waals surface area (Å²) >= 11 is 0. The smallest absolute Gasteiger partial charge is 0.246 e. The van der Waals surface area contributed by atoms with Crippen molar-refractivity contribution in [2.24, 2.45) is 0 Å². The molecule has 5 nitrogen and oxygen atoms in total. The predicted molar refractivity (Wildman–Crippen MR) is 76.6 cm³/mol. The number of hydrogen-bond acceptors (Lipinski definition) is 4. The number of ether oxygens (including phenoxy) is 1. The number of hydrogen-bond donors (Lipinski definition) is 2. The molecule has 0 radical (unpaired) electrons. The second-order valence-corrected chi connectivity index (χ2v) is 4.67. The van der Waals surface area contributed by atoms with Gasteiger partial charge in [0.25, 0.3) is 0 Å². The summed E-state index contributed by atoms with van der Waals surface area (Å²) in [5.41, 5.74) is 3.00. The van der Waals surface area contributed by atoms with Crippen LogP contribution in [-0.2, 0) is 9.53 Å². The molecule has 1 aliphatic rings. The van der Waals surface area contributed by atoms with Crippen molar-refractivity contribution in [2.75, 3.05) is 44.1 Å². The first-order valence-corrected chi connectivity index (χ1v) is 6.55. The van der Waals surface area contributed by atoms with Crippen molar-refractivity contribution in [2.45, 2.75) is 13.0 Å². The van der Waals surface area contributed by atoms with E-state index in [0.717, 1.165) is 30.0 Å². The van der Waals surface area contributed by atoms with Gasteiger partial charge in [-0.2, -0.15) is 0 Å². The molecule has 19 heavy (non-hydrogen) atoms. The van der Waals surface area contributed by atoms with E-state index in [2.05, 4.69) is 15.5 Å². The summed E-state index contributed by atoms with van der Waals surface area (Å²) in [6.07, 6.45) is 0. The molecule has 5 heteroatoms. The van der Waals surface area contributed by atoms with Gasteiger partial charge in [0.05, 0.1) is 6.61 Å². The number of methoxy groups -OCH3 is 1. The lowest BCUT2D eigenvalue weighted by Gasteiger charge is -2.19. The molecule has 1 aromatic carbocycles. The largest absolute Gasteiger partial charge is 0.383 e. The molecule has 2 rings (SSSR count). The Labute approximate surface area is 113 Å². The number of nitrogens with one attached hydrogen (secondary N) is 2. The molecule has 1 amide bonds. The molecule has 0 aliphatic carbocycles. The molecule has 1 aromatic rings. The highest BCUT2D eigenvalue weighted by atomic mass is 16.5. The second kappa shape index (κ2) is 6.04. The van der Waals surface area contributed by atoms with E-state index in [-0.39, 0.29) is 11.9 Å². The lowest BCUT2D eigenvalue weighted by atomic mass is 10.1. The van der Waals surface area contributed by atoms with E-state index in [1.165, 1.54) is 0 Å². The van der Waals surface area contributed by atoms with Gasteiger partial charge >= 0.3 is 0 Å². The maximum atomic E-state index is 11.9. The van der Waals surface area contributed by atoms with Crippen molar-refractivity contribution in [3.63, 3.8) is 0 Å². The summed E-state index contributed by atoms with van der Waals surface area (Å²) in [6, 6.07) is 5.84. The molecule has 1 atom stereocenters. The molecule has 0 bridgehead atoms. The molecule has 0 saturated carbocycles. The normalized spacial score (nSPS) is 17.2. The Balaban J connectivity index is 2.17. The van der Waals surface area contributed by atoms with E-state index >= 15 is 0 Å². The maximum Gasteiger partial charge on any atom is 0.246 e. The summed E-state index contributed by atoms with van der Waals surface area (Å²) in [7, 11) is 3.71. The molecule has 0 fully saturated rings. The summed E-state index contributed by atoms with van der Waals surface area (Å²) < 4.78 is 5.07. The van der Waals surface area contributed by atoms with Gasteiger partial charge in [0, 0.05) is 37.6 Å². The van der Waals surface area contributed by atoms with Gasteiger partial charge in [0.15, 0.2) is 0 Å². The van der Waals surface area contributed by atoms with Crippen LogP contribution in [0.4, 0.5) is 11.4 Å². The fraction of sp³-hybridized carbons (Fsp3) is 0.500. The van der Waals surface area contributed by atoms with Crippen molar-refractivity contribution < 1.29 is 9.53 Å². The number of carbonyl (C=O) groups excluding carboxylic acids is 1. The monoisotopic (exact) mass is 263 g/mol. The highest BCUT2D eigenvalue weighted by Crippen LogP contribution is 2.33. The van der Waals surface area contributed by atoms with Gasteiger partial charge in [0.1, 0.15) is 6.04 Å². The van der Waals surface area contributed by atoms with Gasteiger partial charge in [-0.3, -0.25) is 4.79 Å². The number of anilines is 2. The number of carbonyl (C=O) groups is 1. The van der Waals surface area contributed by atoms with Crippen LogP contribution < -0.4 is 15.5 Å². The van der Waals surface area contributed by atoms with Crippen LogP contribution in [0.15, 0.2) is 18.2 Å². The Morgan fingerprint density at radius 1 is 1.47 bits per heavy atom. The van der Waals surface area contributed by atoms with Gasteiger partial charge in [-0.15, -0.1) is 0 Å². The van der Waals surface area contributed by atoms with Crippen LogP contribution in [0.2, 0.25) is 0 Å². The molecular weight excluding hydrogens is 242 g/mol. The molecular formula is C14H21N3O2. The molecule has 0 spiro atoms. The molecule has 1 unspecified atom stereocenters. The maximum absolute atomic E-state index is 11.9. The Hall–Kier alpha value is -1.59. The third kappa shape index (κ3) is 2.88. The number of amides is 1. The van der Waals surface area contributed by atoms with E-state index in [1.807, 2.05) is 32.2 Å². The van der Waals surface area contributed by atoms with Gasteiger partial charge in [-0.1, -0.05) is 13.0 Å². The van der Waals surface area contributed by atoms with Crippen molar-refractivity contribution in [3.05, 3.63) is 23.8 Å². The minimum absolute atomic E-state index is 0.0218. The first-order chi connectivity index (χ1) is 9.17. The van der Waals surface area contributed by atoms with Gasteiger partial charge < -0.3 is 20.3 Å². The molecule has 2 N–H and O–H groups in total. The van der Waals surface area contributed by atoms with Gasteiger partial charge in [-0.05, 0) is 18.7 Å². The van der Waals surface area contributed by atoms with Crippen LogP contribution in [0.1, 0.15) is 18.5 Å². The van der Waals surface area contributed by atoms with Crippen molar-refractivity contribution in [3.8, 4) is 0 Å². The van der Waals surface area contributed by atoms with Crippen LogP contribution >= 0.6 is 0 Å². The Morgan fingerprint density at radius 3 is 2.95 bits per heavy atom. The zero-order valence-corrected chi connectivity index (χ0v) is 11.7. The van der Waals surface area contributed by atoms with E-state index in [0.29, 0.717) is 6.61 Å². The second-order valence-electron chi connectivity index (χ2n) is 4.67. The first kappa shape index (κ1) is 13.8. The SMILES string of the molecule is CCNC1C(=O)Nc2cc(N(C)CCOC)ccc21. The van der Waals surface area contributed by atoms with Crippen molar-refractivity contribution >= 4 is 17.3 Å². The first-order valence-electron chi connectivity index (χ1n) is 6.55. The average Bonchev–Trinajstić information content (AvgIpc) is 2.72. The molecule has 0 aromatic heterocycles. The number of likely N-dealkylation sites (N-methyl/N-ethyl adjacent to an activating group) is 2. The van der Waals surface area contributed by atoms with Gasteiger partial charge in [-0.25, -0.2) is 0 Å². The van der Waals surface area contributed by atoms with E-state index < -0.39 is 0 Å². The van der Waals surface area contributed by atoms with Crippen LogP contribution in [0.5, 0.6) is 0 Å². The number of fused-ring (bicyclic) bond motifs is 1. The van der Waals surface area contributed by atoms with E-state index in [9.17, 15) is 4.79 Å². The Morgan fingerprint density at radius 2 is 2.26 bits per heavy atom. The molecule has 1 aliphatic heterocycles. The Bertz CT molecular complexity index is 462. The van der Waals surface area contributed by atoms with E-state index in [4.69, 9.17) is 4.74 Å². The highest BCUT2D eigenvalue weighted by molar-refractivity contribution is 6.03. The number of rotatable bonds is 6. The molecule has 0 saturated heterocycles. The van der Waals surface area contributed by atoms with E-state index in [1.54, 1.807) is 7.11 Å². The van der Waals surface area contributed by atoms with Crippen molar-refractivity contribution in [1.82, 2.24) is 5.32 Å². The standard InChI is InChI=1S/C14H21N3O2/c1-4-15-13-11-6-5-10(17(2)7-8-19-3)9-12(11)16-14(13)18/h5-6,9,13,15H,4,7-8H2,1-3H3,(H,16,18). The van der Waals surface area contributed by atoms with Crippen molar-refractivity contribution in [1.29, 1.82) is 0 Å². The van der Waals surface area contributed by atoms with Crippen LogP contribution in [0.25, 0.3) is 0 Å². The zero-order valence-electron chi connectivity index (χ0n) is 11.7. The van der Waals surface area contributed by atoms with Crippen LogP contribution in [-0.4, -0.2) is 39.8 Å². The summed E-state index contributed by atoms with van der Waals surface area (Å²) in [5.74, 6) is 0.0218. The fourth-order valence-electron chi connectivity index (χ4n) is 2.25. The topological polar surface area (TPSA) is 53.6 Å². The molecule has 104 valence electrons. The lowest BCUT2D eigenvalue weighted by Crippen LogP contribution is -2.27. The number of nitrogens with zero attached hydrogens (tertiary/aromatic N) is 1. The molecule has 1 heterocycles. The third-order valence-electron chi connectivity index (χ3n) is 3.35. The summed E-state index contributed by atoms with van der Waals surface area (Å²) in [5, 5.41) is 6.11. The third-order valence-corrected chi connectivity index (χ3v) is 3.35. The highest BCUT2D eigenvalue weighted by Gasteiger charge is 2.29. The minimum atomic E-state index is -0.224. The number of benzene rings is 1. The Kier molecular flexibility index (Phi) is 4.39. The summed E-state index contributed by atoms with van der Waals surface area (Å²) in [6.45, 7) is 4.27. The quantitative estimate of drug-likeness (QED) is 0.814.